The minimum absolute atomic E-state index is 0.0104. The second-order valence-electron chi connectivity index (χ2n) is 15.5. The molecule has 0 saturated carbocycles. The van der Waals surface area contributed by atoms with Crippen molar-refractivity contribution in [2.24, 2.45) is 5.92 Å². The zero-order valence-corrected chi connectivity index (χ0v) is 32.0. The van der Waals surface area contributed by atoms with E-state index in [9.17, 15) is 14.4 Å². The first-order chi connectivity index (χ1) is 25.4. The lowest BCUT2D eigenvalue weighted by molar-refractivity contribution is -0.188. The zero-order valence-electron chi connectivity index (χ0n) is 32.0. The summed E-state index contributed by atoms with van der Waals surface area (Å²) in [7, 11) is 0. The van der Waals surface area contributed by atoms with E-state index in [0.29, 0.717) is 47.1 Å². The molecule has 0 amide bonds. The smallest absolute Gasteiger partial charge is 0.339 e. The third-order valence-electron chi connectivity index (χ3n) is 10.8. The molecule has 0 spiro atoms. The lowest BCUT2D eigenvalue weighted by Crippen LogP contribution is -2.52. The van der Waals surface area contributed by atoms with Gasteiger partial charge in [-0.3, -0.25) is 4.79 Å². The third-order valence-corrected chi connectivity index (χ3v) is 10.8. The summed E-state index contributed by atoms with van der Waals surface area (Å²) in [5, 5.41) is 4.00. The van der Waals surface area contributed by atoms with Crippen LogP contribution < -0.4 is 15.7 Å². The maximum absolute atomic E-state index is 14.2. The molecule has 3 aliphatic heterocycles. The number of esters is 2. The molecular formula is C45H53NO7. The number of hydrogen-bond donors (Lipinski definition) is 1. The molecule has 3 aromatic carbocycles. The van der Waals surface area contributed by atoms with Crippen LogP contribution >= 0.6 is 0 Å². The monoisotopic (exact) mass is 719 g/mol. The number of benzene rings is 3. The van der Waals surface area contributed by atoms with Gasteiger partial charge in [-0.15, -0.1) is 0 Å². The van der Waals surface area contributed by atoms with E-state index in [1.165, 1.54) is 5.56 Å². The highest BCUT2D eigenvalue weighted by atomic mass is 16.6. The van der Waals surface area contributed by atoms with Crippen LogP contribution in [-0.4, -0.2) is 36.7 Å². The molecule has 4 unspecified atom stereocenters. The average molecular weight is 720 g/mol. The summed E-state index contributed by atoms with van der Waals surface area (Å²) in [5.74, 6) is -0.540. The predicted molar refractivity (Wildman–Crippen MR) is 207 cm³/mol. The number of nitrogens with one attached hydrogen (secondary N) is 1. The lowest BCUT2D eigenvalue weighted by atomic mass is 9.86. The highest BCUT2D eigenvalue weighted by Crippen LogP contribution is 2.47. The van der Waals surface area contributed by atoms with Crippen LogP contribution in [0.2, 0.25) is 0 Å². The number of rotatable bonds is 8. The Balaban J connectivity index is 1.43. The van der Waals surface area contributed by atoms with Gasteiger partial charge in [0.05, 0.1) is 5.56 Å². The number of allylic oxidation sites excluding steroid dienone is 1. The highest BCUT2D eigenvalue weighted by Gasteiger charge is 2.50. The Morgan fingerprint density at radius 3 is 2.36 bits per heavy atom. The molecule has 8 heteroatoms. The SMILES string of the molecule is CCNCCC(C)c1cc2ccc3c(c2oc1=O)C1OC(=O)CC(CCc2ccccc2)Cc2ccc(cc2)CCC(=C(C)C)C(=O)OC1C(C)(C)O3. The molecule has 280 valence electrons. The maximum atomic E-state index is 14.2. The topological polar surface area (TPSA) is 104 Å². The van der Waals surface area contributed by atoms with Gasteiger partial charge in [0.1, 0.15) is 16.9 Å². The van der Waals surface area contributed by atoms with Crippen LogP contribution in [0.3, 0.4) is 0 Å². The molecule has 1 aromatic heterocycles. The Kier molecular flexibility index (Phi) is 11.9. The van der Waals surface area contributed by atoms with Crippen molar-refractivity contribution < 1.29 is 28.2 Å². The largest absolute Gasteiger partial charge is 0.483 e. The van der Waals surface area contributed by atoms with Crippen LogP contribution in [0.5, 0.6) is 5.75 Å². The number of carbonyl (C=O) groups is 2. The van der Waals surface area contributed by atoms with Crippen molar-refractivity contribution in [3.8, 4) is 5.75 Å². The van der Waals surface area contributed by atoms with Crippen molar-refractivity contribution in [1.29, 1.82) is 0 Å². The van der Waals surface area contributed by atoms with Gasteiger partial charge < -0.3 is 23.9 Å². The van der Waals surface area contributed by atoms with Gasteiger partial charge >= 0.3 is 17.6 Å². The Morgan fingerprint density at radius 2 is 1.64 bits per heavy atom. The van der Waals surface area contributed by atoms with Gasteiger partial charge in [0.2, 0.25) is 0 Å². The van der Waals surface area contributed by atoms with Crippen LogP contribution in [0, 0.1) is 5.92 Å². The zero-order chi connectivity index (χ0) is 37.7. The molecule has 0 aliphatic carbocycles. The number of ether oxygens (including phenoxy) is 3. The average Bonchev–Trinajstić information content (AvgIpc) is 3.12. The molecule has 8 nitrogen and oxygen atoms in total. The van der Waals surface area contributed by atoms with Gasteiger partial charge in [-0.25, -0.2) is 9.59 Å². The van der Waals surface area contributed by atoms with Crippen molar-refractivity contribution in [3.63, 3.8) is 0 Å². The first-order valence-corrected chi connectivity index (χ1v) is 19.1. The Bertz CT molecular complexity index is 2010. The van der Waals surface area contributed by atoms with E-state index in [1.807, 2.05) is 71.0 Å². The molecule has 1 N–H and O–H groups in total. The minimum Gasteiger partial charge on any atom is -0.483 e. The van der Waals surface area contributed by atoms with Crippen molar-refractivity contribution in [1.82, 2.24) is 5.32 Å². The fourth-order valence-corrected chi connectivity index (χ4v) is 7.64. The van der Waals surface area contributed by atoms with E-state index < -0.39 is 35.4 Å². The van der Waals surface area contributed by atoms with Crippen molar-refractivity contribution >= 4 is 22.9 Å². The Hall–Kier alpha value is -4.69. The summed E-state index contributed by atoms with van der Waals surface area (Å²) in [6.07, 6.45) is 2.27. The van der Waals surface area contributed by atoms with E-state index in [-0.39, 0.29) is 23.8 Å². The van der Waals surface area contributed by atoms with Crippen LogP contribution in [-0.2, 0) is 38.3 Å². The van der Waals surface area contributed by atoms with Crippen LogP contribution in [0.1, 0.15) is 107 Å². The molecule has 0 fully saturated rings. The number of fused-ring (bicyclic) bond motifs is 13. The lowest BCUT2D eigenvalue weighted by Gasteiger charge is -2.43. The van der Waals surface area contributed by atoms with Crippen molar-refractivity contribution in [2.45, 2.75) is 110 Å². The predicted octanol–water partition coefficient (Wildman–Crippen LogP) is 8.73. The van der Waals surface area contributed by atoms with E-state index >= 15 is 0 Å². The molecule has 7 rings (SSSR count). The molecule has 2 bridgehead atoms. The number of carbonyl (C=O) groups excluding carboxylic acids is 2. The molecule has 4 aromatic rings. The van der Waals surface area contributed by atoms with E-state index in [4.69, 9.17) is 18.6 Å². The normalized spacial score (nSPS) is 20.9. The highest BCUT2D eigenvalue weighted by molar-refractivity contribution is 5.90. The molecule has 0 saturated heterocycles. The van der Waals surface area contributed by atoms with Crippen molar-refractivity contribution in [3.05, 3.63) is 122 Å². The van der Waals surface area contributed by atoms with Crippen molar-refractivity contribution in [2.75, 3.05) is 13.1 Å². The van der Waals surface area contributed by atoms with Gasteiger partial charge in [-0.1, -0.05) is 74.0 Å². The summed E-state index contributed by atoms with van der Waals surface area (Å²) < 4.78 is 25.5. The van der Waals surface area contributed by atoms with Crippen LogP contribution in [0.25, 0.3) is 11.0 Å². The molecule has 53 heavy (non-hydrogen) atoms. The Morgan fingerprint density at radius 1 is 0.906 bits per heavy atom. The third kappa shape index (κ3) is 8.93. The number of hydrogen-bond acceptors (Lipinski definition) is 8. The first-order valence-electron chi connectivity index (χ1n) is 19.1. The van der Waals surface area contributed by atoms with E-state index in [0.717, 1.165) is 49.1 Å². The number of aryl methyl sites for hydroxylation is 2. The van der Waals surface area contributed by atoms with E-state index in [2.05, 4.69) is 48.6 Å². The van der Waals surface area contributed by atoms with Gasteiger partial charge in [0, 0.05) is 22.9 Å². The van der Waals surface area contributed by atoms with Crippen LogP contribution in [0.4, 0.5) is 0 Å². The van der Waals surface area contributed by atoms with Gasteiger partial charge in [-0.2, -0.15) is 0 Å². The maximum Gasteiger partial charge on any atom is 0.339 e. The van der Waals surface area contributed by atoms with Gasteiger partial charge in [0.15, 0.2) is 12.2 Å². The molecule has 3 aliphatic rings. The molecular weight excluding hydrogens is 666 g/mol. The fraction of sp³-hybridized carbons (Fsp3) is 0.444. The molecule has 0 radical (unpaired) electrons. The summed E-state index contributed by atoms with van der Waals surface area (Å²) in [6.45, 7) is 13.2. The second kappa shape index (κ2) is 16.5. The Labute approximate surface area is 312 Å². The molecule has 4 atom stereocenters. The summed E-state index contributed by atoms with van der Waals surface area (Å²) in [5.41, 5.74) is 4.58. The van der Waals surface area contributed by atoms with Gasteiger partial charge in [-0.05, 0) is 126 Å². The summed E-state index contributed by atoms with van der Waals surface area (Å²) in [6, 6.07) is 24.3. The quantitative estimate of drug-likeness (QED) is 0.0835. The summed E-state index contributed by atoms with van der Waals surface area (Å²) >= 11 is 0. The minimum atomic E-state index is -1.09. The fourth-order valence-electron chi connectivity index (χ4n) is 7.64. The van der Waals surface area contributed by atoms with Crippen LogP contribution in [0.15, 0.2) is 93.2 Å². The standard InChI is InChI=1S/C45H53NO7/c1-7-46-24-23-29(4)36-27-34-20-22-37-39(40(34)51-44(36)49)41-42(45(5,6)53-37)52-43(48)35(28(2)3)21-19-31-13-16-32(17-14-31)25-33(26-38(47)50-41)18-15-30-11-9-8-10-12-30/h8-14,16-17,20,22,27,29,33,41-42,46H,7,15,18-19,21,23-26H2,1-6H3. The summed E-state index contributed by atoms with van der Waals surface area (Å²) in [4.78, 5) is 42.0. The second-order valence-corrected chi connectivity index (χ2v) is 15.5. The first kappa shape index (κ1) is 38.0. The molecule has 4 heterocycles. The van der Waals surface area contributed by atoms with Gasteiger partial charge in [0.25, 0.3) is 0 Å². The van der Waals surface area contributed by atoms with E-state index in [1.54, 1.807) is 0 Å².